The molecule has 10 heteroatoms. The van der Waals surface area contributed by atoms with Crippen LogP contribution < -0.4 is 24.4 Å². The van der Waals surface area contributed by atoms with Crippen molar-refractivity contribution in [3.05, 3.63) is 53.6 Å². The van der Waals surface area contributed by atoms with Gasteiger partial charge in [-0.2, -0.15) is 0 Å². The summed E-state index contributed by atoms with van der Waals surface area (Å²) < 4.78 is 20.2. The number of nitrogens with one attached hydrogen (secondary N) is 1. The van der Waals surface area contributed by atoms with Crippen LogP contribution in [-0.2, 0) is 19.1 Å². The number of urea groups is 1. The molecule has 0 radical (unpaired) electrons. The Morgan fingerprint density at radius 2 is 1.69 bits per heavy atom. The maximum atomic E-state index is 13.0. The van der Waals surface area contributed by atoms with Crippen LogP contribution in [0.25, 0.3) is 6.08 Å². The van der Waals surface area contributed by atoms with E-state index in [0.717, 1.165) is 4.90 Å². The number of esters is 1. The maximum Gasteiger partial charge on any atom is 0.343 e. The first kappa shape index (κ1) is 22.3. The average molecular weight is 440 g/mol. The lowest BCUT2D eigenvalue weighted by Crippen LogP contribution is -2.54. The number of ether oxygens (including phenoxy) is 4. The minimum Gasteiger partial charge on any atom is -0.497 e. The monoisotopic (exact) mass is 440 g/mol. The van der Waals surface area contributed by atoms with Crippen LogP contribution in [0.3, 0.4) is 0 Å². The molecule has 0 aromatic heterocycles. The van der Waals surface area contributed by atoms with Gasteiger partial charge in [-0.1, -0.05) is 6.07 Å². The van der Waals surface area contributed by atoms with Crippen molar-refractivity contribution in [2.24, 2.45) is 0 Å². The van der Waals surface area contributed by atoms with Gasteiger partial charge in [0.05, 0.1) is 27.0 Å². The highest BCUT2D eigenvalue weighted by Crippen LogP contribution is 2.30. The summed E-state index contributed by atoms with van der Waals surface area (Å²) in [5.41, 5.74) is 0.469. The first-order chi connectivity index (χ1) is 15.4. The smallest absolute Gasteiger partial charge is 0.343 e. The molecule has 1 saturated heterocycles. The molecule has 2 aromatic carbocycles. The maximum absolute atomic E-state index is 13.0. The van der Waals surface area contributed by atoms with Gasteiger partial charge < -0.3 is 18.9 Å². The molecule has 1 N–H and O–H groups in total. The molecule has 1 heterocycles. The summed E-state index contributed by atoms with van der Waals surface area (Å²) in [5.74, 6) is -1.08. The van der Waals surface area contributed by atoms with Gasteiger partial charge in [0.1, 0.15) is 11.3 Å². The minimum atomic E-state index is -0.855. The molecular weight excluding hydrogens is 420 g/mol. The highest BCUT2D eigenvalue weighted by molar-refractivity contribution is 6.39. The van der Waals surface area contributed by atoms with E-state index in [9.17, 15) is 19.2 Å². The van der Waals surface area contributed by atoms with Crippen molar-refractivity contribution < 1.29 is 38.1 Å². The Morgan fingerprint density at radius 3 is 2.31 bits per heavy atom. The fourth-order valence-electron chi connectivity index (χ4n) is 2.88. The SMILES string of the molecule is COC(=O)COc1ccc(C=C2C(=O)NC(=O)N(c3ccc(OC)cc3)C2=O)cc1OC. The number of carbonyl (C=O) groups excluding carboxylic acids is 4. The number of hydrogen-bond acceptors (Lipinski definition) is 8. The fraction of sp³-hybridized carbons (Fsp3) is 0.182. The molecule has 0 atom stereocenters. The van der Waals surface area contributed by atoms with Crippen molar-refractivity contribution in [1.82, 2.24) is 5.32 Å². The van der Waals surface area contributed by atoms with Crippen LogP contribution in [-0.4, -0.2) is 51.8 Å². The molecule has 0 unspecified atom stereocenters. The molecule has 0 saturated carbocycles. The first-order valence-electron chi connectivity index (χ1n) is 9.31. The number of methoxy groups -OCH3 is 3. The van der Waals surface area contributed by atoms with Crippen LogP contribution in [0.15, 0.2) is 48.0 Å². The molecule has 10 nitrogen and oxygen atoms in total. The molecule has 1 fully saturated rings. The molecule has 4 amide bonds. The second-order valence-corrected chi connectivity index (χ2v) is 6.43. The van der Waals surface area contributed by atoms with E-state index in [4.69, 9.17) is 14.2 Å². The molecule has 166 valence electrons. The van der Waals surface area contributed by atoms with Crippen molar-refractivity contribution in [3.63, 3.8) is 0 Å². The number of imide groups is 2. The zero-order valence-corrected chi connectivity index (χ0v) is 17.5. The van der Waals surface area contributed by atoms with Crippen molar-refractivity contribution in [1.29, 1.82) is 0 Å². The third-order valence-electron chi connectivity index (χ3n) is 4.50. The molecule has 32 heavy (non-hydrogen) atoms. The minimum absolute atomic E-state index is 0.245. The van der Waals surface area contributed by atoms with Crippen LogP contribution in [0.4, 0.5) is 10.5 Å². The number of amides is 4. The number of benzene rings is 2. The van der Waals surface area contributed by atoms with Gasteiger partial charge in [0.2, 0.25) is 0 Å². The standard InChI is InChI=1S/C22H20N2O8/c1-29-15-7-5-14(6-8-15)24-21(27)16(20(26)23-22(24)28)10-13-4-9-17(18(11-13)30-2)32-12-19(25)31-3/h4-11H,12H2,1-3H3,(H,23,26,28). The average Bonchev–Trinajstić information content (AvgIpc) is 2.80. The van der Waals surface area contributed by atoms with E-state index < -0.39 is 23.8 Å². The lowest BCUT2D eigenvalue weighted by Gasteiger charge is -2.26. The molecule has 0 aliphatic carbocycles. The van der Waals surface area contributed by atoms with E-state index in [1.54, 1.807) is 18.2 Å². The lowest BCUT2D eigenvalue weighted by molar-refractivity contribution is -0.143. The van der Waals surface area contributed by atoms with Crippen molar-refractivity contribution in [3.8, 4) is 17.2 Å². The molecule has 0 spiro atoms. The van der Waals surface area contributed by atoms with E-state index in [1.165, 1.54) is 51.7 Å². The van der Waals surface area contributed by atoms with Crippen molar-refractivity contribution in [2.75, 3.05) is 32.8 Å². The topological polar surface area (TPSA) is 120 Å². The molecular formula is C22H20N2O8. The van der Waals surface area contributed by atoms with Crippen LogP contribution in [0.5, 0.6) is 17.2 Å². The predicted molar refractivity (Wildman–Crippen MR) is 113 cm³/mol. The Balaban J connectivity index is 1.90. The number of barbiturate groups is 1. The highest BCUT2D eigenvalue weighted by Gasteiger charge is 2.36. The highest BCUT2D eigenvalue weighted by atomic mass is 16.6. The Labute approximate surface area is 183 Å². The van der Waals surface area contributed by atoms with Gasteiger partial charge in [-0.15, -0.1) is 0 Å². The first-order valence-corrected chi connectivity index (χ1v) is 9.31. The second kappa shape index (κ2) is 9.65. The number of anilines is 1. The van der Waals surface area contributed by atoms with Crippen LogP contribution >= 0.6 is 0 Å². The number of rotatable bonds is 7. The predicted octanol–water partition coefficient (Wildman–Crippen LogP) is 1.92. The number of hydrogen-bond donors (Lipinski definition) is 1. The zero-order chi connectivity index (χ0) is 23.3. The van der Waals surface area contributed by atoms with E-state index in [0.29, 0.717) is 11.3 Å². The third-order valence-corrected chi connectivity index (χ3v) is 4.50. The van der Waals surface area contributed by atoms with Crippen molar-refractivity contribution >= 4 is 35.6 Å². The molecule has 3 rings (SSSR count). The summed E-state index contributed by atoms with van der Waals surface area (Å²) in [6.07, 6.45) is 1.33. The van der Waals surface area contributed by atoms with E-state index >= 15 is 0 Å². The van der Waals surface area contributed by atoms with E-state index in [2.05, 4.69) is 10.1 Å². The van der Waals surface area contributed by atoms with Crippen LogP contribution in [0.1, 0.15) is 5.56 Å². The van der Waals surface area contributed by atoms with Gasteiger partial charge in [-0.25, -0.2) is 14.5 Å². The Bertz CT molecular complexity index is 1090. The van der Waals surface area contributed by atoms with Gasteiger partial charge in [-0.05, 0) is 48.0 Å². The molecule has 1 aliphatic rings. The normalized spacial score (nSPS) is 14.8. The number of nitrogens with zero attached hydrogens (tertiary/aromatic N) is 1. The molecule has 1 aliphatic heterocycles. The zero-order valence-electron chi connectivity index (χ0n) is 17.5. The fourth-order valence-corrected chi connectivity index (χ4v) is 2.88. The van der Waals surface area contributed by atoms with Crippen LogP contribution in [0.2, 0.25) is 0 Å². The summed E-state index contributed by atoms with van der Waals surface area (Å²) in [6.45, 7) is -0.312. The van der Waals surface area contributed by atoms with Crippen LogP contribution in [0, 0.1) is 0 Å². The quantitative estimate of drug-likeness (QED) is 0.394. The van der Waals surface area contributed by atoms with Gasteiger partial charge in [0.25, 0.3) is 11.8 Å². The second-order valence-electron chi connectivity index (χ2n) is 6.43. The lowest BCUT2D eigenvalue weighted by atomic mass is 10.1. The van der Waals surface area contributed by atoms with Gasteiger partial charge in [-0.3, -0.25) is 14.9 Å². The van der Waals surface area contributed by atoms with Gasteiger partial charge >= 0.3 is 12.0 Å². The Hall–Kier alpha value is -4.34. The number of carbonyl (C=O) groups is 4. The van der Waals surface area contributed by atoms with E-state index in [1.807, 2.05) is 0 Å². The third kappa shape index (κ3) is 4.69. The largest absolute Gasteiger partial charge is 0.497 e. The van der Waals surface area contributed by atoms with Gasteiger partial charge in [0, 0.05) is 0 Å². The Kier molecular flexibility index (Phi) is 6.74. The summed E-state index contributed by atoms with van der Waals surface area (Å²) in [4.78, 5) is 49.8. The Morgan fingerprint density at radius 1 is 0.969 bits per heavy atom. The summed E-state index contributed by atoms with van der Waals surface area (Å²) in [5, 5.41) is 2.16. The molecule has 0 bridgehead atoms. The van der Waals surface area contributed by atoms with Gasteiger partial charge in [0.15, 0.2) is 18.1 Å². The summed E-state index contributed by atoms with van der Waals surface area (Å²) >= 11 is 0. The summed E-state index contributed by atoms with van der Waals surface area (Å²) in [7, 11) is 4.14. The molecule has 2 aromatic rings. The van der Waals surface area contributed by atoms with E-state index in [-0.39, 0.29) is 29.4 Å². The van der Waals surface area contributed by atoms with Crippen molar-refractivity contribution in [2.45, 2.75) is 0 Å². The summed E-state index contributed by atoms with van der Waals surface area (Å²) in [6, 6.07) is 9.99.